The summed E-state index contributed by atoms with van der Waals surface area (Å²) in [5.41, 5.74) is -0.104. The maximum atomic E-state index is 10.7. The van der Waals surface area contributed by atoms with E-state index in [0.717, 1.165) is 0 Å². The summed E-state index contributed by atoms with van der Waals surface area (Å²) in [6, 6.07) is 2.61. The molecule has 16 heavy (non-hydrogen) atoms. The van der Waals surface area contributed by atoms with Crippen LogP contribution in [-0.2, 0) is 4.74 Å². The van der Waals surface area contributed by atoms with Gasteiger partial charge < -0.3 is 10.1 Å². The van der Waals surface area contributed by atoms with E-state index in [1.165, 1.54) is 12.1 Å². The van der Waals surface area contributed by atoms with Crippen LogP contribution in [0.25, 0.3) is 0 Å². The van der Waals surface area contributed by atoms with Gasteiger partial charge in [0.15, 0.2) is 0 Å². The lowest BCUT2D eigenvalue weighted by Gasteiger charge is -2.13. The fourth-order valence-corrected chi connectivity index (χ4v) is 1.35. The Labute approximate surface area is 97.7 Å². The summed E-state index contributed by atoms with van der Waals surface area (Å²) in [4.78, 5) is 14.1. The van der Waals surface area contributed by atoms with Gasteiger partial charge in [-0.1, -0.05) is 11.6 Å². The van der Waals surface area contributed by atoms with Crippen molar-refractivity contribution in [2.45, 2.75) is 13.0 Å². The van der Waals surface area contributed by atoms with Crippen molar-refractivity contribution in [3.8, 4) is 0 Å². The molecule has 1 heterocycles. The van der Waals surface area contributed by atoms with E-state index in [1.54, 1.807) is 7.11 Å². The number of hydrogen-bond donors (Lipinski definition) is 1. The van der Waals surface area contributed by atoms with Gasteiger partial charge in [0, 0.05) is 19.2 Å². The molecule has 1 rings (SSSR count). The Kier molecular flexibility index (Phi) is 4.45. The number of hydrogen-bond acceptors (Lipinski definition) is 5. The van der Waals surface area contributed by atoms with Gasteiger partial charge in [0.2, 0.25) is 5.82 Å². The summed E-state index contributed by atoms with van der Waals surface area (Å²) < 4.78 is 4.91. The molecule has 0 aliphatic heterocycles. The van der Waals surface area contributed by atoms with Crippen LogP contribution in [0.15, 0.2) is 12.1 Å². The van der Waals surface area contributed by atoms with E-state index < -0.39 is 4.92 Å². The molecule has 88 valence electrons. The van der Waals surface area contributed by atoms with Crippen molar-refractivity contribution in [3.05, 3.63) is 27.4 Å². The van der Waals surface area contributed by atoms with E-state index in [9.17, 15) is 10.1 Å². The summed E-state index contributed by atoms with van der Waals surface area (Å²) in [7, 11) is 1.55. The smallest absolute Gasteiger partial charge is 0.311 e. The van der Waals surface area contributed by atoms with Crippen LogP contribution >= 0.6 is 11.6 Å². The van der Waals surface area contributed by atoms with Crippen LogP contribution in [0.4, 0.5) is 11.5 Å². The number of pyridine rings is 1. The topological polar surface area (TPSA) is 77.3 Å². The summed E-state index contributed by atoms with van der Waals surface area (Å²) in [6.45, 7) is 2.25. The van der Waals surface area contributed by atoms with Gasteiger partial charge in [0.25, 0.3) is 0 Å². The molecule has 1 unspecified atom stereocenters. The predicted molar refractivity (Wildman–Crippen MR) is 60.9 cm³/mol. The largest absolute Gasteiger partial charge is 0.383 e. The fraction of sp³-hybridized carbons (Fsp3) is 0.444. The lowest BCUT2D eigenvalue weighted by Crippen LogP contribution is -2.22. The molecule has 7 heteroatoms. The molecule has 0 aliphatic carbocycles. The van der Waals surface area contributed by atoms with Crippen LogP contribution in [0.5, 0.6) is 0 Å². The second kappa shape index (κ2) is 5.62. The van der Waals surface area contributed by atoms with Crippen molar-refractivity contribution in [3.63, 3.8) is 0 Å². The average Bonchev–Trinajstić information content (AvgIpc) is 2.17. The first-order chi connectivity index (χ1) is 7.54. The number of nitro groups is 1. The van der Waals surface area contributed by atoms with Gasteiger partial charge in [-0.05, 0) is 13.0 Å². The fourth-order valence-electron chi connectivity index (χ4n) is 1.21. The second-order valence-electron chi connectivity index (χ2n) is 3.26. The molecule has 0 aliphatic rings. The van der Waals surface area contributed by atoms with Gasteiger partial charge in [-0.25, -0.2) is 4.98 Å². The zero-order valence-electron chi connectivity index (χ0n) is 8.94. The SMILES string of the molecule is COCC(C)Nc1nc(Cl)ccc1[N+](=O)[O-]. The minimum atomic E-state index is -0.509. The van der Waals surface area contributed by atoms with Crippen molar-refractivity contribution < 1.29 is 9.66 Å². The molecule has 1 aromatic rings. The van der Waals surface area contributed by atoms with Gasteiger partial charge >= 0.3 is 5.69 Å². The number of aromatic nitrogens is 1. The molecule has 1 atom stereocenters. The minimum Gasteiger partial charge on any atom is -0.383 e. The van der Waals surface area contributed by atoms with Crippen LogP contribution in [0.3, 0.4) is 0 Å². The average molecular weight is 246 g/mol. The molecule has 0 fully saturated rings. The first kappa shape index (κ1) is 12.7. The second-order valence-corrected chi connectivity index (χ2v) is 3.65. The summed E-state index contributed by atoms with van der Waals surface area (Å²) in [5.74, 6) is 0.155. The van der Waals surface area contributed by atoms with E-state index in [-0.39, 0.29) is 22.7 Å². The maximum Gasteiger partial charge on any atom is 0.311 e. The van der Waals surface area contributed by atoms with Crippen LogP contribution in [0, 0.1) is 10.1 Å². The van der Waals surface area contributed by atoms with E-state index in [4.69, 9.17) is 16.3 Å². The Morgan fingerprint density at radius 1 is 1.69 bits per heavy atom. The van der Waals surface area contributed by atoms with Crippen molar-refractivity contribution in [1.29, 1.82) is 0 Å². The zero-order valence-corrected chi connectivity index (χ0v) is 9.69. The number of nitrogens with one attached hydrogen (secondary N) is 1. The predicted octanol–water partition coefficient (Wildman–Crippen LogP) is 2.09. The Bertz CT molecular complexity index is 386. The lowest BCUT2D eigenvalue weighted by molar-refractivity contribution is -0.384. The first-order valence-electron chi connectivity index (χ1n) is 4.61. The van der Waals surface area contributed by atoms with Gasteiger partial charge in [0.05, 0.1) is 11.5 Å². The highest BCUT2D eigenvalue weighted by atomic mass is 35.5. The number of anilines is 1. The molecule has 0 spiro atoms. The highest BCUT2D eigenvalue weighted by molar-refractivity contribution is 6.29. The normalized spacial score (nSPS) is 12.2. The molecule has 0 bridgehead atoms. The molecular formula is C9H12ClN3O3. The highest BCUT2D eigenvalue weighted by Crippen LogP contribution is 2.24. The minimum absolute atomic E-state index is 0.0883. The highest BCUT2D eigenvalue weighted by Gasteiger charge is 2.17. The summed E-state index contributed by atoms with van der Waals surface area (Å²) >= 11 is 5.68. The van der Waals surface area contributed by atoms with Gasteiger partial charge in [-0.15, -0.1) is 0 Å². The zero-order chi connectivity index (χ0) is 12.1. The molecular weight excluding hydrogens is 234 g/mol. The van der Waals surface area contributed by atoms with Crippen LogP contribution < -0.4 is 5.32 Å². The van der Waals surface area contributed by atoms with E-state index in [2.05, 4.69) is 10.3 Å². The Morgan fingerprint density at radius 2 is 2.38 bits per heavy atom. The number of halogens is 1. The van der Waals surface area contributed by atoms with Crippen molar-refractivity contribution in [2.24, 2.45) is 0 Å². The molecule has 1 N–H and O–H groups in total. The third-order valence-corrected chi connectivity index (χ3v) is 2.05. The van der Waals surface area contributed by atoms with Crippen molar-refractivity contribution in [1.82, 2.24) is 4.98 Å². The van der Waals surface area contributed by atoms with Crippen LogP contribution in [0.1, 0.15) is 6.92 Å². The molecule has 0 radical (unpaired) electrons. The third kappa shape index (κ3) is 3.32. The molecule has 6 nitrogen and oxygen atoms in total. The van der Waals surface area contributed by atoms with Crippen LogP contribution in [-0.4, -0.2) is 29.7 Å². The van der Waals surface area contributed by atoms with E-state index in [0.29, 0.717) is 6.61 Å². The van der Waals surface area contributed by atoms with Gasteiger partial charge in [-0.2, -0.15) is 0 Å². The standard InChI is InChI=1S/C9H12ClN3O3/c1-6(5-16-2)11-9-7(13(14)15)3-4-8(10)12-9/h3-4,6H,5H2,1-2H3,(H,11,12). The molecule has 0 aromatic carbocycles. The monoisotopic (exact) mass is 245 g/mol. The lowest BCUT2D eigenvalue weighted by atomic mass is 10.3. The number of rotatable bonds is 5. The third-order valence-electron chi connectivity index (χ3n) is 1.84. The number of methoxy groups -OCH3 is 1. The maximum absolute atomic E-state index is 10.7. The number of nitrogens with zero attached hydrogens (tertiary/aromatic N) is 2. The summed E-state index contributed by atoms with van der Waals surface area (Å²) in [6.07, 6.45) is 0. The first-order valence-corrected chi connectivity index (χ1v) is 4.98. The number of ether oxygens (including phenoxy) is 1. The quantitative estimate of drug-likeness (QED) is 0.488. The van der Waals surface area contributed by atoms with Crippen molar-refractivity contribution in [2.75, 3.05) is 19.0 Å². The molecule has 0 saturated carbocycles. The van der Waals surface area contributed by atoms with Crippen molar-refractivity contribution >= 4 is 23.1 Å². The molecule has 0 amide bonds. The molecule has 0 saturated heterocycles. The molecule has 1 aromatic heterocycles. The Balaban J connectivity index is 2.92. The van der Waals surface area contributed by atoms with Gasteiger partial charge in [-0.3, -0.25) is 10.1 Å². The van der Waals surface area contributed by atoms with E-state index >= 15 is 0 Å². The Hall–Kier alpha value is -1.40. The summed E-state index contributed by atoms with van der Waals surface area (Å²) in [5, 5.41) is 13.8. The van der Waals surface area contributed by atoms with Gasteiger partial charge in [0.1, 0.15) is 5.15 Å². The van der Waals surface area contributed by atoms with E-state index in [1.807, 2.05) is 6.92 Å². The Morgan fingerprint density at radius 3 is 2.94 bits per heavy atom. The van der Waals surface area contributed by atoms with Crippen LogP contribution in [0.2, 0.25) is 5.15 Å².